The van der Waals surface area contributed by atoms with Crippen molar-refractivity contribution >= 4 is 97.1 Å². The maximum absolute atomic E-state index is 14.8. The number of fused-ring (bicyclic) bond motifs is 15. The van der Waals surface area contributed by atoms with E-state index in [9.17, 15) is 26.3 Å². The Hall–Kier alpha value is -8.18. The van der Waals surface area contributed by atoms with Gasteiger partial charge in [0, 0.05) is 59.1 Å². The van der Waals surface area contributed by atoms with Gasteiger partial charge in [0.15, 0.2) is 0 Å². The fourth-order valence-corrected chi connectivity index (χ4v) is 16.1. The summed E-state index contributed by atoms with van der Waals surface area (Å²) in [4.78, 5) is 4.38. The number of alkyl halides is 6. The van der Waals surface area contributed by atoms with E-state index in [1.54, 1.807) is 12.1 Å². The quantitative estimate of drug-likeness (QED) is 0.140. The molecule has 2 aliphatic rings. The highest BCUT2D eigenvalue weighted by molar-refractivity contribution is 7.27. The second-order valence-electron chi connectivity index (χ2n) is 23.0. The Bertz CT molecular complexity index is 4250. The smallest absolute Gasteiger partial charge is 0.309 e. The molecule has 0 saturated carbocycles. The minimum atomic E-state index is -4.55. The molecule has 10 heteroatoms. The second kappa shape index (κ2) is 18.7. The molecular weight excluding hydrogens is 1070 g/mol. The van der Waals surface area contributed by atoms with Crippen LogP contribution in [0.4, 0.5) is 60.5 Å². The van der Waals surface area contributed by atoms with Crippen LogP contribution in [0.3, 0.4) is 0 Å². The summed E-state index contributed by atoms with van der Waals surface area (Å²) in [5.41, 5.74) is 13.6. The van der Waals surface area contributed by atoms with E-state index in [4.69, 9.17) is 0 Å². The van der Waals surface area contributed by atoms with Crippen LogP contribution in [-0.4, -0.2) is 0 Å². The van der Waals surface area contributed by atoms with Crippen LogP contribution >= 0.6 is 22.7 Å². The molecular formula is C72H54F6N2S2. The number of hydrogen-bond donors (Lipinski definition) is 0. The van der Waals surface area contributed by atoms with Gasteiger partial charge in [-0.25, -0.2) is 0 Å². The molecule has 0 saturated heterocycles. The van der Waals surface area contributed by atoms with Crippen molar-refractivity contribution in [1.29, 1.82) is 0 Å². The van der Waals surface area contributed by atoms with E-state index in [-0.39, 0.29) is 26.7 Å². The fourth-order valence-electron chi connectivity index (χ4n) is 13.4. The number of hydrogen-bond acceptors (Lipinski definition) is 4. The monoisotopic (exact) mass is 1120 g/mol. The van der Waals surface area contributed by atoms with Gasteiger partial charge in [-0.2, -0.15) is 26.3 Å². The zero-order chi connectivity index (χ0) is 56.8. The Labute approximate surface area is 480 Å². The van der Waals surface area contributed by atoms with Crippen LogP contribution in [0.2, 0.25) is 0 Å². The highest BCUT2D eigenvalue weighted by Crippen LogP contribution is 2.64. The predicted octanol–water partition coefficient (Wildman–Crippen LogP) is 22.6. The highest BCUT2D eigenvalue weighted by Gasteiger charge is 2.53. The van der Waals surface area contributed by atoms with Gasteiger partial charge in [0.25, 0.3) is 0 Å². The molecule has 0 radical (unpaired) electrons. The van der Waals surface area contributed by atoms with Crippen LogP contribution in [0.5, 0.6) is 0 Å². The molecule has 0 N–H and O–H groups in total. The Kier molecular flexibility index (Phi) is 11.8. The van der Waals surface area contributed by atoms with Gasteiger partial charge in [0.2, 0.25) is 0 Å². The first kappa shape index (κ1) is 51.9. The van der Waals surface area contributed by atoms with Crippen molar-refractivity contribution in [2.75, 3.05) is 9.80 Å². The molecule has 0 amide bonds. The summed E-state index contributed by atoms with van der Waals surface area (Å²) in [5, 5.41) is 2.59. The summed E-state index contributed by atoms with van der Waals surface area (Å²) in [6, 6.07) is 68.4. The van der Waals surface area contributed by atoms with Crippen molar-refractivity contribution in [2.45, 2.75) is 76.6 Å². The third-order valence-corrected chi connectivity index (χ3v) is 19.9. The first-order valence-corrected chi connectivity index (χ1v) is 29.3. The maximum Gasteiger partial charge on any atom is 0.417 e. The molecule has 2 aliphatic carbocycles. The van der Waals surface area contributed by atoms with E-state index < -0.39 is 28.9 Å². The minimum absolute atomic E-state index is 0.193. The van der Waals surface area contributed by atoms with Crippen LogP contribution in [-0.2, 0) is 23.2 Å². The predicted molar refractivity (Wildman–Crippen MR) is 329 cm³/mol. The van der Waals surface area contributed by atoms with Crippen molar-refractivity contribution < 1.29 is 26.3 Å². The molecule has 1 spiro atoms. The molecule has 2 nitrogen and oxygen atoms in total. The molecule has 0 atom stereocenters. The zero-order valence-electron chi connectivity index (χ0n) is 45.8. The third kappa shape index (κ3) is 7.73. The van der Waals surface area contributed by atoms with Crippen molar-refractivity contribution in [3.05, 3.63) is 262 Å². The Morgan fingerprint density at radius 3 is 1.06 bits per heavy atom. The van der Waals surface area contributed by atoms with Crippen LogP contribution < -0.4 is 9.80 Å². The number of thiophene rings is 2. The lowest BCUT2D eigenvalue weighted by Crippen LogP contribution is -2.40. The van der Waals surface area contributed by atoms with Crippen molar-refractivity contribution in [2.24, 2.45) is 0 Å². The van der Waals surface area contributed by atoms with Gasteiger partial charge < -0.3 is 9.80 Å². The molecule has 406 valence electrons. The van der Waals surface area contributed by atoms with E-state index in [0.29, 0.717) is 10.8 Å². The molecule has 2 heterocycles. The highest BCUT2D eigenvalue weighted by atomic mass is 32.1. The van der Waals surface area contributed by atoms with E-state index >= 15 is 0 Å². The summed E-state index contributed by atoms with van der Waals surface area (Å²) in [7, 11) is 0. The van der Waals surface area contributed by atoms with Crippen molar-refractivity contribution in [3.63, 3.8) is 0 Å². The number of anilines is 6. The Morgan fingerprint density at radius 2 is 0.695 bits per heavy atom. The average Bonchev–Trinajstić information content (AvgIpc) is 1.62. The molecule has 0 unspecified atom stereocenters. The zero-order valence-corrected chi connectivity index (χ0v) is 47.4. The lowest BCUT2D eigenvalue weighted by atomic mass is 9.55. The second-order valence-corrected chi connectivity index (χ2v) is 25.0. The summed E-state index contributed by atoms with van der Waals surface area (Å²) in [5.74, 6) is 0.525. The topological polar surface area (TPSA) is 6.48 Å². The molecule has 0 aliphatic heterocycles. The van der Waals surface area contributed by atoms with Gasteiger partial charge in [0.1, 0.15) is 0 Å². The van der Waals surface area contributed by atoms with Gasteiger partial charge in [-0.15, -0.1) is 22.7 Å². The van der Waals surface area contributed by atoms with Crippen LogP contribution in [0, 0.1) is 0 Å². The molecule has 14 rings (SSSR count). The lowest BCUT2D eigenvalue weighted by Gasteiger charge is -2.46. The van der Waals surface area contributed by atoms with Gasteiger partial charge in [0.05, 0.1) is 37.3 Å². The molecule has 0 bridgehead atoms. The third-order valence-electron chi connectivity index (χ3n) is 17.4. The largest absolute Gasteiger partial charge is 0.417 e. The summed E-state index contributed by atoms with van der Waals surface area (Å²) in [6.07, 6.45) is -9.09. The lowest BCUT2D eigenvalue weighted by molar-refractivity contribution is -0.137. The molecule has 10 aromatic carbocycles. The summed E-state index contributed by atoms with van der Waals surface area (Å²) >= 11 is 2.34. The first-order valence-electron chi connectivity index (χ1n) is 27.7. The standard InChI is InChI=1S/C72H54F6N2S2/c1-41(2)43-27-31-45(32-28-43)79(63-25-13-17-51-49-15-11-23-61(71(73,74)75)65(49)81-67(51)63)47-35-37-55-53(39-47)54-40-48(36-38-56(54)70(55)59-21-9-7-19-57(59)69(5,6)58-20-8-10-22-60(58)70)80(46-33-29-44(30-34-46)42(3)4)64-26-14-18-52-50-16-12-24-62(72(76,77)78)66(50)82-68(52)64/h7-42H,1-6H3. The summed E-state index contributed by atoms with van der Waals surface area (Å²) < 4.78 is 90.7. The normalized spacial score (nSPS) is 14.3. The SMILES string of the molecule is CC(C)c1ccc(N(c2ccc3c(c2)-c2cc(N(c4ccc(C(C)C)cc4)c4cccc5c4sc4c(C(F)(F)F)cccc45)ccc2C32c3ccccc3C(C)(C)c3ccccc32)c2cccc3c2sc2c(C(F)(F)F)cccc23)cc1. The Balaban J connectivity index is 1.06. The van der Waals surface area contributed by atoms with Gasteiger partial charge >= 0.3 is 12.4 Å². The minimum Gasteiger partial charge on any atom is -0.309 e. The van der Waals surface area contributed by atoms with Crippen LogP contribution in [0.25, 0.3) is 51.5 Å². The van der Waals surface area contributed by atoms with E-state index in [1.165, 1.54) is 69.2 Å². The van der Waals surface area contributed by atoms with Crippen molar-refractivity contribution in [3.8, 4) is 11.1 Å². The molecule has 0 fully saturated rings. The summed E-state index contributed by atoms with van der Waals surface area (Å²) in [6.45, 7) is 13.2. The molecule has 12 aromatic rings. The fraction of sp³-hybridized carbons (Fsp3) is 0.167. The van der Waals surface area contributed by atoms with Gasteiger partial charge in [-0.1, -0.05) is 175 Å². The van der Waals surface area contributed by atoms with Gasteiger partial charge in [-0.3, -0.25) is 0 Å². The van der Waals surface area contributed by atoms with Crippen LogP contribution in [0.15, 0.2) is 206 Å². The van der Waals surface area contributed by atoms with Gasteiger partial charge in [-0.05, 0) is 140 Å². The number of benzene rings is 10. The van der Waals surface area contributed by atoms with E-state index in [2.05, 4.69) is 185 Å². The first-order chi connectivity index (χ1) is 39.3. The molecule has 2 aromatic heterocycles. The molecule has 82 heavy (non-hydrogen) atoms. The van der Waals surface area contributed by atoms with Crippen molar-refractivity contribution in [1.82, 2.24) is 0 Å². The van der Waals surface area contributed by atoms with Crippen LogP contribution in [0.1, 0.15) is 109 Å². The van der Waals surface area contributed by atoms with E-state index in [0.717, 1.165) is 87.7 Å². The maximum atomic E-state index is 14.8. The number of halogens is 6. The number of rotatable bonds is 8. The van der Waals surface area contributed by atoms with E-state index in [1.807, 2.05) is 36.4 Å². The Morgan fingerprint density at radius 1 is 0.354 bits per heavy atom. The number of nitrogens with zero attached hydrogens (tertiary/aromatic N) is 2. The average molecular weight is 1130 g/mol.